The number of esters is 2. The Kier molecular flexibility index (Phi) is 33.4. The van der Waals surface area contributed by atoms with Crippen molar-refractivity contribution in [3.05, 3.63) is 24.3 Å². The van der Waals surface area contributed by atoms with Crippen LogP contribution in [-0.4, -0.2) is 80.6 Å². The predicted octanol–water partition coefficient (Wildman–Crippen LogP) is 10.9. The van der Waals surface area contributed by atoms with Crippen LogP contribution in [0.2, 0.25) is 0 Å². The summed E-state index contributed by atoms with van der Waals surface area (Å²) in [6.45, 7) is 4.68. The van der Waals surface area contributed by atoms with Crippen LogP contribution in [0.15, 0.2) is 24.3 Å². The van der Waals surface area contributed by atoms with Gasteiger partial charge in [-0.05, 0) is 38.5 Å². The molecule has 1 N–H and O–H groups in total. The van der Waals surface area contributed by atoms with Crippen LogP contribution in [0.25, 0.3) is 0 Å². The Labute approximate surface area is 313 Å². The Hall–Kier alpha value is -2.19. The highest BCUT2D eigenvalue weighted by molar-refractivity contribution is 5.72. The first kappa shape index (κ1) is 48.8. The molecule has 0 radical (unpaired) electrons. The smallest absolute Gasteiger partial charge is 0.362 e. The van der Waals surface area contributed by atoms with Gasteiger partial charge in [-0.3, -0.25) is 9.59 Å². The van der Waals surface area contributed by atoms with Gasteiger partial charge >= 0.3 is 17.9 Å². The minimum atomic E-state index is -0.875. The Morgan fingerprint density at radius 3 is 1.51 bits per heavy atom. The molecule has 0 saturated heterocycles. The summed E-state index contributed by atoms with van der Waals surface area (Å²) in [4.78, 5) is 36.8. The summed E-state index contributed by atoms with van der Waals surface area (Å²) in [5.41, 5.74) is 0. The van der Waals surface area contributed by atoms with Crippen LogP contribution >= 0.6 is 0 Å². The van der Waals surface area contributed by atoms with Crippen LogP contribution in [0.3, 0.4) is 0 Å². The Morgan fingerprint density at radius 1 is 0.588 bits per heavy atom. The van der Waals surface area contributed by atoms with Gasteiger partial charge in [0.25, 0.3) is 0 Å². The summed E-state index contributed by atoms with van der Waals surface area (Å²) < 4.78 is 17.2. The summed E-state index contributed by atoms with van der Waals surface area (Å²) in [6, 6.07) is -0.610. The molecule has 8 heteroatoms. The van der Waals surface area contributed by atoms with E-state index in [0.29, 0.717) is 19.3 Å². The lowest BCUT2D eigenvalue weighted by Crippen LogP contribution is -2.50. The number of hydrogen-bond donors (Lipinski definition) is 1. The van der Waals surface area contributed by atoms with Crippen molar-refractivity contribution in [3.63, 3.8) is 0 Å². The monoisotopic (exact) mass is 723 g/mol. The molecule has 0 aliphatic heterocycles. The fourth-order valence-electron chi connectivity index (χ4n) is 6.08. The van der Waals surface area contributed by atoms with E-state index in [-0.39, 0.29) is 36.2 Å². The molecule has 298 valence electrons. The summed E-state index contributed by atoms with van der Waals surface area (Å²) in [6.07, 6.45) is 36.5. The number of allylic oxidation sites excluding steroid dienone is 4. The number of hydrogen-bond acceptors (Lipinski definition) is 6. The lowest BCUT2D eigenvalue weighted by molar-refractivity contribution is -0.887. The molecular formula is C43H80NO7+. The normalized spacial score (nSPS) is 13.2. The Morgan fingerprint density at radius 2 is 1.02 bits per heavy atom. The third-order valence-corrected chi connectivity index (χ3v) is 9.38. The molecule has 0 saturated carbocycles. The molecular weight excluding hydrogens is 642 g/mol. The Balaban J connectivity index is 4.23. The molecule has 0 aromatic rings. The van der Waals surface area contributed by atoms with Gasteiger partial charge in [0.2, 0.25) is 0 Å². The fraction of sp³-hybridized carbons (Fsp3) is 0.837. The lowest BCUT2D eigenvalue weighted by atomic mass is 10.1. The number of unbranched alkanes of at least 4 members (excludes halogenated alkanes) is 20. The number of quaternary nitrogens is 1. The molecule has 2 unspecified atom stereocenters. The van der Waals surface area contributed by atoms with Gasteiger partial charge in [-0.25, -0.2) is 4.79 Å². The molecule has 51 heavy (non-hydrogen) atoms. The van der Waals surface area contributed by atoms with Crippen molar-refractivity contribution in [1.82, 2.24) is 0 Å². The van der Waals surface area contributed by atoms with Crippen molar-refractivity contribution in [2.45, 2.75) is 193 Å². The number of ether oxygens (including phenoxy) is 3. The second kappa shape index (κ2) is 34.9. The molecule has 8 nitrogen and oxygen atoms in total. The standard InChI is InChI=1S/C43H79NO7/c1-6-8-10-12-14-16-17-18-19-20-21-22-23-24-25-26-28-29-31-33-41(45)50-38-39(37-49-36-35-40(43(47)48)44(3,4)5)51-42(46)34-32-30-27-15-13-11-9-7-2/h14,16-18,39-40H,6-13,15,19-38H2,1-5H3/p+1/b16-14+,18-17+. The molecule has 0 aliphatic carbocycles. The van der Waals surface area contributed by atoms with Gasteiger partial charge in [0, 0.05) is 19.3 Å². The molecule has 0 spiro atoms. The Bertz CT molecular complexity index is 895. The highest BCUT2D eigenvalue weighted by Crippen LogP contribution is 2.14. The summed E-state index contributed by atoms with van der Waals surface area (Å²) in [7, 11) is 5.52. The van der Waals surface area contributed by atoms with Crippen LogP contribution in [0.5, 0.6) is 0 Å². The largest absolute Gasteiger partial charge is 0.477 e. The van der Waals surface area contributed by atoms with E-state index < -0.39 is 18.1 Å². The zero-order valence-electron chi connectivity index (χ0n) is 33.8. The van der Waals surface area contributed by atoms with Gasteiger partial charge in [0.05, 0.1) is 34.4 Å². The summed E-state index contributed by atoms with van der Waals surface area (Å²) in [5.74, 6) is -1.47. The lowest BCUT2D eigenvalue weighted by Gasteiger charge is -2.31. The second-order valence-corrected chi connectivity index (χ2v) is 15.3. The van der Waals surface area contributed by atoms with E-state index in [4.69, 9.17) is 14.2 Å². The molecule has 0 bridgehead atoms. The molecule has 0 aromatic heterocycles. The van der Waals surface area contributed by atoms with Crippen LogP contribution in [-0.2, 0) is 28.6 Å². The quantitative estimate of drug-likeness (QED) is 0.0295. The number of carbonyl (C=O) groups is 3. The van der Waals surface area contributed by atoms with Crippen molar-refractivity contribution in [1.29, 1.82) is 0 Å². The number of carboxylic acid groups (broad SMARTS) is 1. The van der Waals surface area contributed by atoms with E-state index in [1.807, 2.05) is 21.1 Å². The summed E-state index contributed by atoms with van der Waals surface area (Å²) >= 11 is 0. The van der Waals surface area contributed by atoms with E-state index >= 15 is 0 Å². The first-order valence-electron chi connectivity index (χ1n) is 20.9. The maximum Gasteiger partial charge on any atom is 0.362 e. The molecule has 0 aromatic carbocycles. The molecule has 0 aliphatic rings. The zero-order valence-corrected chi connectivity index (χ0v) is 33.8. The van der Waals surface area contributed by atoms with Crippen molar-refractivity contribution in [2.75, 3.05) is 41.0 Å². The summed E-state index contributed by atoms with van der Waals surface area (Å²) in [5, 5.41) is 9.58. The topological polar surface area (TPSA) is 99.1 Å². The SMILES string of the molecule is CCCCC/C=C/C=C/CCCCCCCCCCCCC(=O)OCC(COCCC(C(=O)O)[N+](C)(C)C)OC(=O)CCCCCCCCCC. The number of rotatable bonds is 37. The van der Waals surface area contributed by atoms with E-state index in [2.05, 4.69) is 38.2 Å². The number of carboxylic acids is 1. The van der Waals surface area contributed by atoms with Gasteiger partial charge in [0.15, 0.2) is 12.1 Å². The first-order chi connectivity index (χ1) is 24.6. The van der Waals surface area contributed by atoms with Gasteiger partial charge < -0.3 is 23.8 Å². The van der Waals surface area contributed by atoms with Crippen molar-refractivity contribution in [2.24, 2.45) is 0 Å². The average molecular weight is 723 g/mol. The molecule has 2 atom stereocenters. The zero-order chi connectivity index (χ0) is 37.8. The minimum absolute atomic E-state index is 0.0494. The fourth-order valence-corrected chi connectivity index (χ4v) is 6.08. The van der Waals surface area contributed by atoms with E-state index in [1.54, 1.807) is 0 Å². The number of nitrogens with zero attached hydrogens (tertiary/aromatic N) is 1. The third-order valence-electron chi connectivity index (χ3n) is 9.38. The molecule has 0 amide bonds. The van der Waals surface area contributed by atoms with Gasteiger partial charge in [-0.2, -0.15) is 0 Å². The number of carbonyl (C=O) groups excluding carboxylic acids is 2. The van der Waals surface area contributed by atoms with Crippen LogP contribution in [0.1, 0.15) is 181 Å². The highest BCUT2D eigenvalue weighted by Gasteiger charge is 2.31. The molecule has 0 fully saturated rings. The van der Waals surface area contributed by atoms with Crippen LogP contribution in [0.4, 0.5) is 0 Å². The third kappa shape index (κ3) is 33.4. The maximum atomic E-state index is 12.6. The van der Waals surface area contributed by atoms with E-state index in [9.17, 15) is 19.5 Å². The van der Waals surface area contributed by atoms with E-state index in [1.165, 1.54) is 109 Å². The maximum absolute atomic E-state index is 12.6. The van der Waals surface area contributed by atoms with Crippen LogP contribution < -0.4 is 0 Å². The van der Waals surface area contributed by atoms with Crippen LogP contribution in [0, 0.1) is 0 Å². The van der Waals surface area contributed by atoms with E-state index in [0.717, 1.165) is 38.5 Å². The molecule has 0 heterocycles. The second-order valence-electron chi connectivity index (χ2n) is 15.3. The predicted molar refractivity (Wildman–Crippen MR) is 211 cm³/mol. The number of likely N-dealkylation sites (N-methyl/N-ethyl adjacent to an activating group) is 1. The number of aliphatic carboxylic acids is 1. The first-order valence-corrected chi connectivity index (χ1v) is 20.9. The van der Waals surface area contributed by atoms with Gasteiger partial charge in [-0.15, -0.1) is 0 Å². The van der Waals surface area contributed by atoms with Crippen molar-refractivity contribution < 1.29 is 38.2 Å². The minimum Gasteiger partial charge on any atom is -0.477 e. The molecule has 0 rings (SSSR count). The van der Waals surface area contributed by atoms with Crippen molar-refractivity contribution in [3.8, 4) is 0 Å². The van der Waals surface area contributed by atoms with Gasteiger partial charge in [0.1, 0.15) is 6.61 Å². The van der Waals surface area contributed by atoms with Gasteiger partial charge in [-0.1, -0.05) is 147 Å². The average Bonchev–Trinajstić information content (AvgIpc) is 3.08. The highest BCUT2D eigenvalue weighted by atomic mass is 16.6. The van der Waals surface area contributed by atoms with Crippen molar-refractivity contribution >= 4 is 17.9 Å².